The fourth-order valence-corrected chi connectivity index (χ4v) is 3.91. The van der Waals surface area contributed by atoms with Gasteiger partial charge in [-0.3, -0.25) is 9.78 Å². The number of nitrogens with zero attached hydrogens (tertiary/aromatic N) is 2. The summed E-state index contributed by atoms with van der Waals surface area (Å²) >= 11 is 0. The minimum absolute atomic E-state index is 0.00462. The third-order valence-electron chi connectivity index (χ3n) is 5.86. The molecule has 4 rings (SSSR count). The van der Waals surface area contributed by atoms with Crippen LogP contribution in [0.25, 0.3) is 10.8 Å². The predicted octanol–water partition coefficient (Wildman–Crippen LogP) is 2.13. The van der Waals surface area contributed by atoms with Crippen molar-refractivity contribution in [1.29, 1.82) is 0 Å². The van der Waals surface area contributed by atoms with E-state index in [2.05, 4.69) is 10.3 Å². The van der Waals surface area contributed by atoms with E-state index in [-0.39, 0.29) is 17.5 Å². The number of pyridine rings is 1. The lowest BCUT2D eigenvalue weighted by Crippen LogP contribution is -2.38. The first-order chi connectivity index (χ1) is 19.8. The van der Waals surface area contributed by atoms with Crippen LogP contribution < -0.4 is 21.3 Å². The van der Waals surface area contributed by atoms with Crippen molar-refractivity contribution in [2.75, 3.05) is 18.4 Å². The number of anilines is 1. The first-order valence-corrected chi connectivity index (χ1v) is 12.0. The summed E-state index contributed by atoms with van der Waals surface area (Å²) in [5.74, 6) is -7.88. The molecule has 3 aromatic rings. The van der Waals surface area contributed by atoms with Crippen molar-refractivity contribution >= 4 is 34.3 Å². The van der Waals surface area contributed by atoms with Gasteiger partial charge in [0.1, 0.15) is 29.6 Å². The molecule has 3 N–H and O–H groups in total. The fraction of sp³-hybridized carbons (Fsp3) is 0.308. The predicted molar refractivity (Wildman–Crippen MR) is 130 cm³/mol. The molecule has 1 amide bonds. The summed E-state index contributed by atoms with van der Waals surface area (Å²) in [6, 6.07) is 7.98. The molecule has 2 aromatic carbocycles. The second-order valence-corrected chi connectivity index (χ2v) is 8.99. The molecule has 2 heterocycles. The molecule has 1 fully saturated rings. The van der Waals surface area contributed by atoms with E-state index in [0.717, 1.165) is 40.6 Å². The zero-order valence-corrected chi connectivity index (χ0v) is 21.9. The molecule has 1 saturated heterocycles. The number of amides is 1. The number of hydrogen-bond donors (Lipinski definition) is 2. The lowest BCUT2D eigenvalue weighted by atomic mass is 10.1. The topological polar surface area (TPSA) is 152 Å². The summed E-state index contributed by atoms with van der Waals surface area (Å²) in [7, 11) is 0. The standard InChI is InChI=1S/C22H22F2N4O.2C2HF3O2/c1-13-10-26-11-14-3-2-4-19(20(13)14)27-16-7-8-28(12-16)22(29)21(25)17-6-5-15(23)9-18(17)24;2*3-2(4,5)1(6)7/h2-6,9-11,16,21,27H,7-8,12,25H2,1H3;2*(H,6,7)/p-2. The van der Waals surface area contributed by atoms with Crippen LogP contribution in [0.4, 0.5) is 40.8 Å². The van der Waals surface area contributed by atoms with E-state index in [9.17, 15) is 39.9 Å². The van der Waals surface area contributed by atoms with Gasteiger partial charge in [0, 0.05) is 59.6 Å². The molecule has 43 heavy (non-hydrogen) atoms. The van der Waals surface area contributed by atoms with Gasteiger partial charge in [-0.15, -0.1) is 0 Å². The number of aliphatic carboxylic acids is 2. The number of likely N-dealkylation sites (tertiary alicyclic amines) is 1. The Labute approximate surface area is 237 Å². The van der Waals surface area contributed by atoms with Crippen LogP contribution in [-0.4, -0.2) is 59.2 Å². The number of fused-ring (bicyclic) bond motifs is 1. The van der Waals surface area contributed by atoms with E-state index in [1.54, 1.807) is 4.90 Å². The van der Waals surface area contributed by atoms with Crippen molar-refractivity contribution in [3.8, 4) is 0 Å². The summed E-state index contributed by atoms with van der Waals surface area (Å²) < 4.78 is 90.2. The van der Waals surface area contributed by atoms with Crippen LogP contribution in [0.5, 0.6) is 0 Å². The lowest BCUT2D eigenvalue weighted by molar-refractivity contribution is -0.344. The Morgan fingerprint density at radius 3 is 2.12 bits per heavy atom. The number of benzene rings is 2. The van der Waals surface area contributed by atoms with E-state index in [1.807, 2.05) is 37.5 Å². The average molecular weight is 622 g/mol. The van der Waals surface area contributed by atoms with Gasteiger partial charge in [0.25, 0.3) is 0 Å². The number of aromatic nitrogens is 1. The zero-order valence-electron chi connectivity index (χ0n) is 21.9. The summed E-state index contributed by atoms with van der Waals surface area (Å²) in [6.07, 6.45) is -5.98. The summed E-state index contributed by atoms with van der Waals surface area (Å²) in [6.45, 7) is 3.01. The van der Waals surface area contributed by atoms with Crippen LogP contribution in [-0.2, 0) is 14.4 Å². The number of halogens is 8. The van der Waals surface area contributed by atoms with E-state index in [0.29, 0.717) is 13.1 Å². The molecule has 1 aliphatic rings. The highest BCUT2D eigenvalue weighted by Crippen LogP contribution is 2.28. The largest absolute Gasteiger partial charge is 0.542 e. The maximum atomic E-state index is 14.0. The number of carbonyl (C=O) groups is 3. The van der Waals surface area contributed by atoms with Crippen molar-refractivity contribution < 1.29 is 59.7 Å². The average Bonchev–Trinajstić information content (AvgIpc) is 3.36. The van der Waals surface area contributed by atoms with Crippen molar-refractivity contribution in [2.45, 2.75) is 37.8 Å². The van der Waals surface area contributed by atoms with Gasteiger partial charge in [0.15, 0.2) is 0 Å². The highest BCUT2D eigenvalue weighted by Gasteiger charge is 2.32. The molecular formula is C26H22F8N4O5-2. The Balaban J connectivity index is 0.000000384. The van der Waals surface area contributed by atoms with Gasteiger partial charge < -0.3 is 35.8 Å². The molecule has 1 aliphatic heterocycles. The molecule has 0 bridgehead atoms. The van der Waals surface area contributed by atoms with Gasteiger partial charge in [-0.1, -0.05) is 18.2 Å². The van der Waals surface area contributed by atoms with Crippen LogP contribution in [0.15, 0.2) is 48.8 Å². The summed E-state index contributed by atoms with van der Waals surface area (Å²) in [4.78, 5) is 36.2. The Morgan fingerprint density at radius 1 is 1.00 bits per heavy atom. The first-order valence-electron chi connectivity index (χ1n) is 12.0. The highest BCUT2D eigenvalue weighted by atomic mass is 19.4. The molecule has 9 nitrogen and oxygen atoms in total. The molecule has 17 heteroatoms. The quantitative estimate of drug-likeness (QED) is 0.420. The van der Waals surface area contributed by atoms with Crippen molar-refractivity contribution in [3.63, 3.8) is 0 Å². The summed E-state index contributed by atoms with van der Waals surface area (Å²) in [5, 5.41) is 23.2. The van der Waals surface area contributed by atoms with E-state index in [4.69, 9.17) is 25.5 Å². The Hall–Kier alpha value is -4.54. The van der Waals surface area contributed by atoms with E-state index < -0.39 is 42.0 Å². The van der Waals surface area contributed by atoms with Gasteiger partial charge in [0.2, 0.25) is 5.91 Å². The number of alkyl halides is 6. The fourth-order valence-electron chi connectivity index (χ4n) is 3.91. The third-order valence-corrected chi connectivity index (χ3v) is 5.86. The van der Waals surface area contributed by atoms with Gasteiger partial charge in [-0.2, -0.15) is 26.3 Å². The Bertz CT molecular complexity index is 1440. The number of hydrogen-bond acceptors (Lipinski definition) is 8. The number of carboxylic acid groups (broad SMARTS) is 2. The summed E-state index contributed by atoms with van der Waals surface area (Å²) in [5.41, 5.74) is 8.06. The number of nitrogens with two attached hydrogens (primary N) is 1. The van der Waals surface area contributed by atoms with E-state index in [1.165, 1.54) is 6.07 Å². The SMILES string of the molecule is Cc1cncc2cccc(NC3CCN(C(=O)C(N)c4ccc(F)cc4F)C3)c12.O=C([O-])C(F)(F)F.O=C([O-])C(F)(F)F. The van der Waals surface area contributed by atoms with Crippen molar-refractivity contribution in [2.24, 2.45) is 5.73 Å². The lowest BCUT2D eigenvalue weighted by Gasteiger charge is -2.22. The second kappa shape index (κ2) is 14.1. The highest BCUT2D eigenvalue weighted by molar-refractivity contribution is 5.96. The van der Waals surface area contributed by atoms with Crippen LogP contribution >= 0.6 is 0 Å². The van der Waals surface area contributed by atoms with Crippen molar-refractivity contribution in [3.05, 3.63) is 71.6 Å². The maximum absolute atomic E-state index is 14.0. The molecule has 234 valence electrons. The van der Waals surface area contributed by atoms with Crippen LogP contribution in [0, 0.1) is 18.6 Å². The maximum Gasteiger partial charge on any atom is 0.430 e. The minimum Gasteiger partial charge on any atom is -0.542 e. The minimum atomic E-state index is -5.19. The molecule has 0 aliphatic carbocycles. The molecule has 0 radical (unpaired) electrons. The molecule has 0 spiro atoms. The van der Waals surface area contributed by atoms with Crippen LogP contribution in [0.2, 0.25) is 0 Å². The normalized spacial score (nSPS) is 15.5. The molecule has 1 aromatic heterocycles. The number of carboxylic acids is 2. The van der Waals surface area contributed by atoms with Crippen molar-refractivity contribution in [1.82, 2.24) is 9.88 Å². The first kappa shape index (κ1) is 34.7. The Kier molecular flexibility index (Phi) is 11.4. The monoisotopic (exact) mass is 622 g/mol. The van der Waals surface area contributed by atoms with Crippen LogP contribution in [0.1, 0.15) is 23.6 Å². The number of carbonyl (C=O) groups excluding carboxylic acids is 3. The zero-order chi connectivity index (χ0) is 32.7. The Morgan fingerprint density at radius 2 is 1.58 bits per heavy atom. The van der Waals surface area contributed by atoms with Gasteiger partial charge >= 0.3 is 12.4 Å². The molecule has 2 atom stereocenters. The van der Waals surface area contributed by atoms with Gasteiger partial charge in [-0.05, 0) is 31.0 Å². The number of aryl methyl sites for hydroxylation is 1. The van der Waals surface area contributed by atoms with Crippen LogP contribution in [0.3, 0.4) is 0 Å². The number of nitrogens with one attached hydrogen (secondary N) is 1. The van der Waals surface area contributed by atoms with E-state index >= 15 is 0 Å². The van der Waals surface area contributed by atoms with Gasteiger partial charge in [0.05, 0.1) is 0 Å². The second-order valence-electron chi connectivity index (χ2n) is 8.99. The molecule has 2 unspecified atom stereocenters. The van der Waals surface area contributed by atoms with Gasteiger partial charge in [-0.25, -0.2) is 8.78 Å². The number of rotatable bonds is 4. The smallest absolute Gasteiger partial charge is 0.430 e. The molecular weight excluding hydrogens is 600 g/mol. The third kappa shape index (κ3) is 9.76. The molecule has 0 saturated carbocycles.